The number of rotatable bonds is 4. The highest BCUT2D eigenvalue weighted by Crippen LogP contribution is 2.23. The standard InChI is InChI=1S/C10H15NOS/c1-10(2,9(11)12)6-5-8-4-3-7-13-8/h3-4,7H,5-6H2,1-2H3,(H2,11,12). The van der Waals surface area contributed by atoms with E-state index in [1.807, 2.05) is 25.3 Å². The number of nitrogens with two attached hydrogens (primary N) is 1. The predicted octanol–water partition coefficient (Wildman–Crippen LogP) is 2.19. The van der Waals surface area contributed by atoms with E-state index in [2.05, 4.69) is 6.07 Å². The lowest BCUT2D eigenvalue weighted by molar-refractivity contribution is -0.126. The van der Waals surface area contributed by atoms with Gasteiger partial charge < -0.3 is 5.73 Å². The third-order valence-corrected chi connectivity index (χ3v) is 3.18. The second kappa shape index (κ2) is 3.92. The minimum Gasteiger partial charge on any atom is -0.369 e. The zero-order chi connectivity index (χ0) is 9.90. The smallest absolute Gasteiger partial charge is 0.223 e. The fourth-order valence-electron chi connectivity index (χ4n) is 1.01. The summed E-state index contributed by atoms with van der Waals surface area (Å²) in [4.78, 5) is 12.3. The van der Waals surface area contributed by atoms with Crippen molar-refractivity contribution in [3.05, 3.63) is 22.4 Å². The van der Waals surface area contributed by atoms with Gasteiger partial charge in [0.05, 0.1) is 0 Å². The summed E-state index contributed by atoms with van der Waals surface area (Å²) in [5.41, 5.74) is 4.89. The lowest BCUT2D eigenvalue weighted by Crippen LogP contribution is -2.31. The lowest BCUT2D eigenvalue weighted by atomic mass is 9.87. The lowest BCUT2D eigenvalue weighted by Gasteiger charge is -2.19. The summed E-state index contributed by atoms with van der Waals surface area (Å²) in [6.07, 6.45) is 1.76. The highest BCUT2D eigenvalue weighted by atomic mass is 32.1. The molecule has 0 aliphatic heterocycles. The van der Waals surface area contributed by atoms with Crippen molar-refractivity contribution in [2.75, 3.05) is 0 Å². The van der Waals surface area contributed by atoms with Crippen LogP contribution >= 0.6 is 11.3 Å². The Kier molecular flexibility index (Phi) is 3.09. The van der Waals surface area contributed by atoms with Crippen molar-refractivity contribution in [1.82, 2.24) is 0 Å². The molecule has 1 aromatic rings. The van der Waals surface area contributed by atoms with Gasteiger partial charge in [-0.05, 0) is 24.3 Å². The van der Waals surface area contributed by atoms with Gasteiger partial charge in [0.2, 0.25) is 5.91 Å². The topological polar surface area (TPSA) is 43.1 Å². The Morgan fingerprint density at radius 1 is 1.62 bits per heavy atom. The molecule has 0 unspecified atom stereocenters. The second-order valence-corrected chi connectivity index (χ2v) is 4.86. The Morgan fingerprint density at radius 2 is 2.31 bits per heavy atom. The van der Waals surface area contributed by atoms with Gasteiger partial charge in [0.1, 0.15) is 0 Å². The minimum atomic E-state index is -0.385. The Balaban J connectivity index is 2.47. The Hall–Kier alpha value is -0.830. The van der Waals surface area contributed by atoms with Crippen molar-refractivity contribution in [3.63, 3.8) is 0 Å². The van der Waals surface area contributed by atoms with Gasteiger partial charge in [-0.1, -0.05) is 19.9 Å². The second-order valence-electron chi connectivity index (χ2n) is 3.83. The van der Waals surface area contributed by atoms with Crippen LogP contribution in [0.25, 0.3) is 0 Å². The van der Waals surface area contributed by atoms with Gasteiger partial charge in [0.15, 0.2) is 0 Å². The summed E-state index contributed by atoms with van der Waals surface area (Å²) in [5.74, 6) is -0.218. The van der Waals surface area contributed by atoms with Crippen LogP contribution in [0, 0.1) is 5.41 Å². The number of carbonyl (C=O) groups excluding carboxylic acids is 1. The van der Waals surface area contributed by atoms with Crippen LogP contribution in [0.15, 0.2) is 17.5 Å². The number of primary amides is 1. The van der Waals surface area contributed by atoms with Crippen LogP contribution in [0.1, 0.15) is 25.1 Å². The summed E-state index contributed by atoms with van der Waals surface area (Å²) in [7, 11) is 0. The molecular formula is C10H15NOS. The first-order valence-electron chi connectivity index (χ1n) is 4.35. The SMILES string of the molecule is CC(C)(CCc1cccs1)C(N)=O. The van der Waals surface area contributed by atoms with Crippen LogP contribution in [0.3, 0.4) is 0 Å². The molecule has 0 aliphatic rings. The Morgan fingerprint density at radius 3 is 2.77 bits per heavy atom. The average Bonchev–Trinajstić information content (AvgIpc) is 2.52. The molecule has 0 fully saturated rings. The molecule has 2 N–H and O–H groups in total. The summed E-state index contributed by atoms with van der Waals surface area (Å²) in [5, 5.41) is 2.05. The third-order valence-electron chi connectivity index (χ3n) is 2.24. The third kappa shape index (κ3) is 2.84. The van der Waals surface area contributed by atoms with Gasteiger partial charge in [-0.15, -0.1) is 11.3 Å². The highest BCUT2D eigenvalue weighted by molar-refractivity contribution is 7.09. The first-order chi connectivity index (χ1) is 6.02. The number of carbonyl (C=O) groups is 1. The molecule has 1 aromatic heterocycles. The molecule has 0 spiro atoms. The Bertz CT molecular complexity index is 277. The zero-order valence-corrected chi connectivity index (χ0v) is 8.86. The molecule has 0 atom stereocenters. The predicted molar refractivity (Wildman–Crippen MR) is 55.6 cm³/mol. The number of hydrogen-bond donors (Lipinski definition) is 1. The fraction of sp³-hybridized carbons (Fsp3) is 0.500. The summed E-state index contributed by atoms with van der Waals surface area (Å²) in [6.45, 7) is 3.78. The molecule has 1 rings (SSSR count). The molecule has 0 saturated carbocycles. The quantitative estimate of drug-likeness (QED) is 0.790. The van der Waals surface area contributed by atoms with Crippen LogP contribution in [0.5, 0.6) is 0 Å². The van der Waals surface area contributed by atoms with E-state index >= 15 is 0 Å². The first-order valence-corrected chi connectivity index (χ1v) is 5.22. The van der Waals surface area contributed by atoms with E-state index in [4.69, 9.17) is 5.73 Å². The largest absolute Gasteiger partial charge is 0.369 e. The first kappa shape index (κ1) is 10.3. The van der Waals surface area contributed by atoms with Crippen molar-refractivity contribution < 1.29 is 4.79 Å². The maximum Gasteiger partial charge on any atom is 0.223 e. The molecule has 2 nitrogen and oxygen atoms in total. The van der Waals surface area contributed by atoms with Crippen LogP contribution < -0.4 is 5.73 Å². The molecule has 0 bridgehead atoms. The molecule has 1 heterocycles. The van der Waals surface area contributed by atoms with Crippen molar-refractivity contribution in [1.29, 1.82) is 0 Å². The molecule has 0 saturated heterocycles. The van der Waals surface area contributed by atoms with E-state index < -0.39 is 0 Å². The Labute approximate surface area is 82.8 Å². The van der Waals surface area contributed by atoms with Crippen LogP contribution in [0.2, 0.25) is 0 Å². The number of aryl methyl sites for hydroxylation is 1. The van der Waals surface area contributed by atoms with E-state index in [0.717, 1.165) is 12.8 Å². The van der Waals surface area contributed by atoms with Crippen molar-refractivity contribution in [3.8, 4) is 0 Å². The normalized spacial score (nSPS) is 11.5. The number of amides is 1. The van der Waals surface area contributed by atoms with Gasteiger partial charge >= 0.3 is 0 Å². The summed E-state index contributed by atoms with van der Waals surface area (Å²) in [6, 6.07) is 4.11. The number of hydrogen-bond acceptors (Lipinski definition) is 2. The molecule has 72 valence electrons. The van der Waals surface area contributed by atoms with Gasteiger partial charge in [-0.3, -0.25) is 4.79 Å². The summed E-state index contributed by atoms with van der Waals surface area (Å²) >= 11 is 1.72. The van der Waals surface area contributed by atoms with Gasteiger partial charge in [-0.2, -0.15) is 0 Å². The van der Waals surface area contributed by atoms with E-state index in [1.54, 1.807) is 11.3 Å². The minimum absolute atomic E-state index is 0.218. The maximum absolute atomic E-state index is 11.0. The molecule has 0 radical (unpaired) electrons. The van der Waals surface area contributed by atoms with Crippen LogP contribution in [-0.2, 0) is 11.2 Å². The molecule has 13 heavy (non-hydrogen) atoms. The van der Waals surface area contributed by atoms with Gasteiger partial charge in [0.25, 0.3) is 0 Å². The number of thiophene rings is 1. The van der Waals surface area contributed by atoms with E-state index in [9.17, 15) is 4.79 Å². The molecule has 0 aliphatic carbocycles. The average molecular weight is 197 g/mol. The molecule has 1 amide bonds. The molecule has 0 aromatic carbocycles. The molecule has 3 heteroatoms. The monoisotopic (exact) mass is 197 g/mol. The summed E-state index contributed by atoms with van der Waals surface area (Å²) < 4.78 is 0. The van der Waals surface area contributed by atoms with Crippen LogP contribution in [-0.4, -0.2) is 5.91 Å². The highest BCUT2D eigenvalue weighted by Gasteiger charge is 2.24. The van der Waals surface area contributed by atoms with Crippen molar-refractivity contribution >= 4 is 17.2 Å². The van der Waals surface area contributed by atoms with Crippen molar-refractivity contribution in [2.24, 2.45) is 11.1 Å². The van der Waals surface area contributed by atoms with Crippen molar-refractivity contribution in [2.45, 2.75) is 26.7 Å². The van der Waals surface area contributed by atoms with E-state index in [-0.39, 0.29) is 11.3 Å². The van der Waals surface area contributed by atoms with E-state index in [1.165, 1.54) is 4.88 Å². The zero-order valence-electron chi connectivity index (χ0n) is 8.04. The molecular weight excluding hydrogens is 182 g/mol. The van der Waals surface area contributed by atoms with Crippen LogP contribution in [0.4, 0.5) is 0 Å². The van der Waals surface area contributed by atoms with Gasteiger partial charge in [-0.25, -0.2) is 0 Å². The van der Waals surface area contributed by atoms with E-state index in [0.29, 0.717) is 0 Å². The maximum atomic E-state index is 11.0. The fourth-order valence-corrected chi connectivity index (χ4v) is 1.72. The van der Waals surface area contributed by atoms with Gasteiger partial charge in [0, 0.05) is 10.3 Å².